The topological polar surface area (TPSA) is 61.3 Å². The summed E-state index contributed by atoms with van der Waals surface area (Å²) in [6.07, 6.45) is 1.61. The molecular weight excluding hydrogens is 358 g/mol. The second-order valence-corrected chi connectivity index (χ2v) is 6.77. The molecular formula is C23H24F2N2O. The first-order valence-corrected chi connectivity index (χ1v) is 9.30. The molecule has 3 aromatic carbocycles. The van der Waals surface area contributed by atoms with Crippen molar-refractivity contribution in [2.45, 2.75) is 18.9 Å². The highest BCUT2D eigenvalue weighted by atomic mass is 19.1. The zero-order chi connectivity index (χ0) is 19.9. The number of ether oxygens (including phenoxy) is 1. The second-order valence-electron chi connectivity index (χ2n) is 6.77. The molecule has 4 N–H and O–H groups in total. The van der Waals surface area contributed by atoms with Crippen LogP contribution in [0.4, 0.5) is 8.78 Å². The third-order valence-corrected chi connectivity index (χ3v) is 4.47. The van der Waals surface area contributed by atoms with Crippen LogP contribution in [0.1, 0.15) is 12.8 Å². The predicted octanol–water partition coefficient (Wildman–Crippen LogP) is 4.74. The van der Waals surface area contributed by atoms with E-state index in [1.807, 2.05) is 30.3 Å². The Bertz CT molecular complexity index is 866. The Morgan fingerprint density at radius 1 is 0.786 bits per heavy atom. The Balaban J connectivity index is 1.94. The van der Waals surface area contributed by atoms with E-state index in [9.17, 15) is 8.78 Å². The number of benzene rings is 3. The van der Waals surface area contributed by atoms with Crippen molar-refractivity contribution in [1.82, 2.24) is 0 Å². The smallest absolute Gasteiger partial charge is 0.123 e. The van der Waals surface area contributed by atoms with Gasteiger partial charge in [0, 0.05) is 6.04 Å². The summed E-state index contributed by atoms with van der Waals surface area (Å²) in [5.41, 5.74) is 14.6. The molecule has 0 aliphatic rings. The van der Waals surface area contributed by atoms with E-state index >= 15 is 0 Å². The lowest BCUT2D eigenvalue weighted by molar-refractivity contribution is 0.281. The molecule has 3 aromatic rings. The molecule has 0 bridgehead atoms. The van der Waals surface area contributed by atoms with Crippen molar-refractivity contribution in [1.29, 1.82) is 0 Å². The summed E-state index contributed by atoms with van der Waals surface area (Å²) in [4.78, 5) is 0. The van der Waals surface area contributed by atoms with Crippen LogP contribution in [0.3, 0.4) is 0 Å². The van der Waals surface area contributed by atoms with Crippen molar-refractivity contribution in [3.8, 4) is 28.0 Å². The van der Waals surface area contributed by atoms with Gasteiger partial charge in [-0.2, -0.15) is 0 Å². The molecule has 28 heavy (non-hydrogen) atoms. The Hall–Kier alpha value is -2.76. The van der Waals surface area contributed by atoms with E-state index in [-0.39, 0.29) is 17.7 Å². The molecule has 1 unspecified atom stereocenters. The van der Waals surface area contributed by atoms with E-state index in [0.29, 0.717) is 18.9 Å². The van der Waals surface area contributed by atoms with Crippen LogP contribution < -0.4 is 16.2 Å². The van der Waals surface area contributed by atoms with Crippen molar-refractivity contribution in [2.75, 3.05) is 13.2 Å². The third kappa shape index (κ3) is 5.38. The van der Waals surface area contributed by atoms with Crippen molar-refractivity contribution < 1.29 is 13.5 Å². The summed E-state index contributed by atoms with van der Waals surface area (Å²) in [7, 11) is 0. The van der Waals surface area contributed by atoms with E-state index in [0.717, 1.165) is 35.1 Å². The summed E-state index contributed by atoms with van der Waals surface area (Å²) in [6.45, 7) is 0.932. The molecule has 0 saturated heterocycles. The summed E-state index contributed by atoms with van der Waals surface area (Å²) in [5, 5.41) is 0. The van der Waals surface area contributed by atoms with E-state index in [2.05, 4.69) is 0 Å². The molecule has 0 radical (unpaired) electrons. The van der Waals surface area contributed by atoms with Gasteiger partial charge in [0.25, 0.3) is 0 Å². The molecule has 0 aliphatic heterocycles. The lowest BCUT2D eigenvalue weighted by atomic mass is 9.98. The van der Waals surface area contributed by atoms with Crippen LogP contribution in [0.15, 0.2) is 66.7 Å². The molecule has 0 heterocycles. The molecule has 0 aliphatic carbocycles. The highest BCUT2D eigenvalue weighted by Gasteiger charge is 2.10. The third-order valence-electron chi connectivity index (χ3n) is 4.47. The number of nitrogens with two attached hydrogens (primary N) is 2. The molecule has 0 fully saturated rings. The van der Waals surface area contributed by atoms with Gasteiger partial charge in [0.2, 0.25) is 0 Å². The minimum absolute atomic E-state index is 0.126. The van der Waals surface area contributed by atoms with Crippen LogP contribution >= 0.6 is 0 Å². The first-order chi connectivity index (χ1) is 13.5. The number of halogens is 2. The van der Waals surface area contributed by atoms with Crippen molar-refractivity contribution in [2.24, 2.45) is 11.5 Å². The molecule has 0 spiro atoms. The van der Waals surface area contributed by atoms with E-state index in [1.54, 1.807) is 12.1 Å². The zero-order valence-corrected chi connectivity index (χ0v) is 15.6. The van der Waals surface area contributed by atoms with Crippen LogP contribution in [0.2, 0.25) is 0 Å². The predicted molar refractivity (Wildman–Crippen MR) is 109 cm³/mol. The molecule has 0 aromatic heterocycles. The molecule has 5 heteroatoms. The largest absolute Gasteiger partial charge is 0.492 e. The minimum Gasteiger partial charge on any atom is -0.492 e. The number of hydrogen-bond donors (Lipinski definition) is 2. The van der Waals surface area contributed by atoms with Gasteiger partial charge in [-0.25, -0.2) is 8.78 Å². The van der Waals surface area contributed by atoms with Gasteiger partial charge >= 0.3 is 0 Å². The monoisotopic (exact) mass is 382 g/mol. The van der Waals surface area contributed by atoms with Crippen LogP contribution in [0, 0.1) is 11.6 Å². The number of hydrogen-bond acceptors (Lipinski definition) is 3. The fraction of sp³-hybridized carbons (Fsp3) is 0.217. The Labute approximate surface area is 163 Å². The molecule has 3 nitrogen and oxygen atoms in total. The van der Waals surface area contributed by atoms with Crippen LogP contribution in [-0.4, -0.2) is 19.2 Å². The molecule has 0 saturated carbocycles. The van der Waals surface area contributed by atoms with Crippen LogP contribution in [0.25, 0.3) is 22.3 Å². The van der Waals surface area contributed by atoms with E-state index in [4.69, 9.17) is 16.2 Å². The van der Waals surface area contributed by atoms with E-state index < -0.39 is 0 Å². The quantitative estimate of drug-likeness (QED) is 0.591. The molecule has 1 atom stereocenters. The zero-order valence-electron chi connectivity index (χ0n) is 15.6. The Morgan fingerprint density at radius 3 is 1.86 bits per heavy atom. The second kappa shape index (κ2) is 9.44. The average molecular weight is 382 g/mol. The van der Waals surface area contributed by atoms with Crippen LogP contribution in [-0.2, 0) is 0 Å². The lowest BCUT2D eigenvalue weighted by Gasteiger charge is -2.15. The maximum Gasteiger partial charge on any atom is 0.123 e. The average Bonchev–Trinajstić information content (AvgIpc) is 2.70. The van der Waals surface area contributed by atoms with Gasteiger partial charge in [-0.05, 0) is 84.1 Å². The standard InChI is InChI=1S/C23H24F2N2O/c24-20-6-1-4-16(11-20)18-10-19(17-5-2-7-21(25)12-17)14-23(13-18)28-15-22(27)8-3-9-26/h1-2,4-7,10-14,22H,3,8-9,15,26-27H2. The van der Waals surface area contributed by atoms with E-state index in [1.165, 1.54) is 24.3 Å². The Morgan fingerprint density at radius 2 is 1.36 bits per heavy atom. The Kier molecular flexibility index (Phi) is 6.74. The minimum atomic E-state index is -0.320. The van der Waals surface area contributed by atoms with Crippen molar-refractivity contribution in [3.63, 3.8) is 0 Å². The van der Waals surface area contributed by atoms with Gasteiger partial charge < -0.3 is 16.2 Å². The van der Waals surface area contributed by atoms with Gasteiger partial charge in [-0.3, -0.25) is 0 Å². The fourth-order valence-corrected chi connectivity index (χ4v) is 3.02. The molecule has 0 amide bonds. The summed E-state index contributed by atoms with van der Waals surface area (Å²) < 4.78 is 33.3. The first-order valence-electron chi connectivity index (χ1n) is 9.30. The lowest BCUT2D eigenvalue weighted by Crippen LogP contribution is -2.28. The van der Waals surface area contributed by atoms with Gasteiger partial charge in [-0.15, -0.1) is 0 Å². The summed E-state index contributed by atoms with van der Waals surface area (Å²) in [5.74, 6) is -0.0379. The molecule has 3 rings (SSSR count). The van der Waals surface area contributed by atoms with Gasteiger partial charge in [-0.1, -0.05) is 24.3 Å². The number of rotatable bonds is 8. The highest BCUT2D eigenvalue weighted by molar-refractivity contribution is 5.75. The van der Waals surface area contributed by atoms with Crippen molar-refractivity contribution in [3.05, 3.63) is 78.4 Å². The fourth-order valence-electron chi connectivity index (χ4n) is 3.02. The summed E-state index contributed by atoms with van der Waals surface area (Å²) >= 11 is 0. The maximum absolute atomic E-state index is 13.7. The SMILES string of the molecule is NCCCC(N)COc1cc(-c2cccc(F)c2)cc(-c2cccc(F)c2)c1. The summed E-state index contributed by atoms with van der Waals surface area (Å²) in [6, 6.07) is 18.1. The van der Waals surface area contributed by atoms with Gasteiger partial charge in [0.15, 0.2) is 0 Å². The van der Waals surface area contributed by atoms with Crippen molar-refractivity contribution >= 4 is 0 Å². The van der Waals surface area contributed by atoms with Gasteiger partial charge in [0.1, 0.15) is 24.0 Å². The highest BCUT2D eigenvalue weighted by Crippen LogP contribution is 2.32. The normalized spacial score (nSPS) is 12.0. The first kappa shape index (κ1) is 20.0. The van der Waals surface area contributed by atoms with Gasteiger partial charge in [0.05, 0.1) is 0 Å². The van der Waals surface area contributed by atoms with Crippen LogP contribution in [0.5, 0.6) is 5.75 Å². The molecule has 146 valence electrons. The maximum atomic E-state index is 13.7.